The first-order valence-electron chi connectivity index (χ1n) is 12.0. The van der Waals surface area contributed by atoms with Gasteiger partial charge < -0.3 is 39.9 Å². The van der Waals surface area contributed by atoms with Crippen LogP contribution in [0.4, 0.5) is 5.82 Å². The average Bonchev–Trinajstić information content (AvgIpc) is 3.37. The molecule has 5 rings (SSSR count). The Morgan fingerprint density at radius 2 is 1.85 bits per heavy atom. The van der Waals surface area contributed by atoms with Crippen LogP contribution in [0.5, 0.6) is 0 Å². The molecule has 15 heteroatoms. The molecule has 0 saturated carbocycles. The van der Waals surface area contributed by atoms with Crippen molar-refractivity contribution in [3.8, 4) is 0 Å². The maximum atomic E-state index is 12.1. The number of carboxylic acid groups (broad SMARTS) is 2. The van der Waals surface area contributed by atoms with Gasteiger partial charge in [0.05, 0.1) is 19.0 Å². The minimum atomic E-state index is -2.68. The van der Waals surface area contributed by atoms with Crippen molar-refractivity contribution in [3.63, 3.8) is 0 Å². The summed E-state index contributed by atoms with van der Waals surface area (Å²) < 4.78 is 12.7. The monoisotopic (exact) mass is 563 g/mol. The number of halogens is 1. The van der Waals surface area contributed by atoms with Gasteiger partial charge in [-0.25, -0.2) is 14.6 Å². The topological polar surface area (TPSA) is 201 Å². The zero-order chi connectivity index (χ0) is 28.1. The molecule has 0 unspecified atom stereocenters. The predicted molar refractivity (Wildman–Crippen MR) is 133 cm³/mol. The number of anilines is 1. The number of ether oxygens (including phenoxy) is 2. The SMILES string of the molecule is C[C@@]1(O)[C@@H](COC(Cc2ccccc2)(C(=O)O)C(=O)O)O[C@@H](n2cnc3c(N4CC(O)C4)nc(Cl)nc32)[C@@H]1O. The predicted octanol–water partition coefficient (Wildman–Crippen LogP) is -0.163. The van der Waals surface area contributed by atoms with Crippen molar-refractivity contribution in [2.45, 2.75) is 49.1 Å². The summed E-state index contributed by atoms with van der Waals surface area (Å²) in [5.41, 5.74) is -3.75. The highest BCUT2D eigenvalue weighted by Crippen LogP contribution is 2.40. The van der Waals surface area contributed by atoms with Crippen LogP contribution in [0.15, 0.2) is 36.7 Å². The van der Waals surface area contributed by atoms with E-state index in [0.717, 1.165) is 0 Å². The van der Waals surface area contributed by atoms with Gasteiger partial charge in [-0.15, -0.1) is 0 Å². The Bertz CT molecular complexity index is 1380. The summed E-state index contributed by atoms with van der Waals surface area (Å²) in [6, 6.07) is 8.11. The number of aliphatic hydroxyl groups is 3. The van der Waals surface area contributed by atoms with Gasteiger partial charge in [-0.3, -0.25) is 4.57 Å². The maximum absolute atomic E-state index is 12.1. The van der Waals surface area contributed by atoms with Crippen molar-refractivity contribution in [2.75, 3.05) is 24.6 Å². The van der Waals surface area contributed by atoms with Gasteiger partial charge in [0, 0.05) is 19.5 Å². The second-order valence-electron chi connectivity index (χ2n) is 9.80. The molecule has 1 aromatic carbocycles. The fourth-order valence-corrected chi connectivity index (χ4v) is 4.87. The van der Waals surface area contributed by atoms with Crippen LogP contribution >= 0.6 is 11.6 Å². The van der Waals surface area contributed by atoms with E-state index in [9.17, 15) is 35.1 Å². The van der Waals surface area contributed by atoms with E-state index < -0.39 is 60.7 Å². The zero-order valence-corrected chi connectivity index (χ0v) is 21.3. The van der Waals surface area contributed by atoms with Crippen molar-refractivity contribution >= 4 is 40.5 Å². The summed E-state index contributed by atoms with van der Waals surface area (Å²) >= 11 is 6.13. The molecule has 4 heterocycles. The van der Waals surface area contributed by atoms with Crippen LogP contribution in [-0.4, -0.2) is 106 Å². The molecule has 2 aromatic heterocycles. The molecule has 4 atom stereocenters. The Balaban J connectivity index is 1.41. The molecular weight excluding hydrogens is 538 g/mol. The smallest absolute Gasteiger partial charge is 0.348 e. The lowest BCUT2D eigenvalue weighted by Crippen LogP contribution is -2.54. The average molecular weight is 564 g/mol. The van der Waals surface area contributed by atoms with Crippen molar-refractivity contribution in [2.24, 2.45) is 0 Å². The summed E-state index contributed by atoms with van der Waals surface area (Å²) in [4.78, 5) is 38.7. The van der Waals surface area contributed by atoms with E-state index in [0.29, 0.717) is 30.0 Å². The first kappa shape index (κ1) is 27.2. The number of rotatable bonds is 9. The van der Waals surface area contributed by atoms with Gasteiger partial charge in [0.2, 0.25) is 5.28 Å². The number of aromatic nitrogens is 4. The molecule has 0 aliphatic carbocycles. The number of carboxylic acids is 2. The first-order valence-corrected chi connectivity index (χ1v) is 12.4. The third-order valence-corrected chi connectivity index (χ3v) is 7.27. The standard InChI is InChI=1S/C24H26ClN5O9/c1-23(37)14(10-38-24(20(33)34,21(35)36)7-12-5-3-2-4-6-12)39-19(16(23)32)30-11-26-15-17(29-8-13(31)9-29)27-22(25)28-18(15)30/h2-6,11,13-14,16,19,31-32,37H,7-10H2,1H3,(H,33,34)(H,35,36)/t14-,16+,19-,23-/m1/s1. The largest absolute Gasteiger partial charge is 0.479 e. The van der Waals surface area contributed by atoms with Crippen LogP contribution in [0.25, 0.3) is 11.2 Å². The van der Waals surface area contributed by atoms with Gasteiger partial charge in [-0.1, -0.05) is 30.3 Å². The maximum Gasteiger partial charge on any atom is 0.348 e. The van der Waals surface area contributed by atoms with Crippen molar-refractivity contribution in [1.82, 2.24) is 19.5 Å². The van der Waals surface area contributed by atoms with Crippen LogP contribution in [-0.2, 0) is 25.5 Å². The van der Waals surface area contributed by atoms with E-state index in [1.807, 2.05) is 0 Å². The normalized spacial score (nSPS) is 25.7. The molecule has 2 aliphatic rings. The molecule has 3 aromatic rings. The van der Waals surface area contributed by atoms with Gasteiger partial charge >= 0.3 is 11.9 Å². The van der Waals surface area contributed by atoms with Crippen LogP contribution in [0, 0.1) is 0 Å². The Hall–Kier alpha value is -3.40. The first-order chi connectivity index (χ1) is 18.4. The van der Waals surface area contributed by atoms with Gasteiger partial charge in [0.15, 0.2) is 23.2 Å². The van der Waals surface area contributed by atoms with Crippen LogP contribution in [0.1, 0.15) is 18.7 Å². The molecule has 5 N–H and O–H groups in total. The second kappa shape index (κ2) is 9.97. The van der Waals surface area contributed by atoms with Gasteiger partial charge in [0.25, 0.3) is 5.60 Å². The van der Waals surface area contributed by atoms with Crippen LogP contribution in [0.2, 0.25) is 5.28 Å². The Morgan fingerprint density at radius 3 is 2.46 bits per heavy atom. The quantitative estimate of drug-likeness (QED) is 0.170. The number of carbonyl (C=O) groups is 2. The molecule has 0 bridgehead atoms. The number of hydrogen-bond acceptors (Lipinski definition) is 11. The lowest BCUT2D eigenvalue weighted by atomic mass is 9.92. The van der Waals surface area contributed by atoms with E-state index in [-0.39, 0.29) is 10.9 Å². The molecule has 0 radical (unpaired) electrons. The second-order valence-corrected chi connectivity index (χ2v) is 10.1. The fourth-order valence-electron chi connectivity index (χ4n) is 4.71. The number of hydrogen-bond donors (Lipinski definition) is 5. The van der Waals surface area contributed by atoms with E-state index in [1.54, 1.807) is 35.2 Å². The highest BCUT2D eigenvalue weighted by atomic mass is 35.5. The van der Waals surface area contributed by atoms with E-state index >= 15 is 0 Å². The summed E-state index contributed by atoms with van der Waals surface area (Å²) in [5, 5.41) is 51.4. The number of aliphatic carboxylic acids is 2. The molecule has 0 amide bonds. The van der Waals surface area contributed by atoms with E-state index in [4.69, 9.17) is 21.1 Å². The molecule has 2 saturated heterocycles. The van der Waals surface area contributed by atoms with E-state index in [1.165, 1.54) is 17.8 Å². The Labute approximate surface area is 226 Å². The minimum Gasteiger partial charge on any atom is -0.479 e. The molecule has 2 aliphatic heterocycles. The van der Waals surface area contributed by atoms with Crippen LogP contribution in [0.3, 0.4) is 0 Å². The summed E-state index contributed by atoms with van der Waals surface area (Å²) in [7, 11) is 0. The lowest BCUT2D eigenvalue weighted by Gasteiger charge is -2.36. The number of fused-ring (bicyclic) bond motifs is 1. The van der Waals surface area contributed by atoms with Gasteiger partial charge in [-0.2, -0.15) is 9.97 Å². The summed E-state index contributed by atoms with van der Waals surface area (Å²) in [6.07, 6.45) is -3.88. The van der Waals surface area contributed by atoms with Gasteiger partial charge in [0.1, 0.15) is 17.8 Å². The Morgan fingerprint density at radius 1 is 1.18 bits per heavy atom. The number of aliphatic hydroxyl groups excluding tert-OH is 2. The Kier molecular flexibility index (Phi) is 6.95. The van der Waals surface area contributed by atoms with Crippen molar-refractivity contribution < 1.29 is 44.6 Å². The number of benzene rings is 1. The molecule has 39 heavy (non-hydrogen) atoms. The zero-order valence-electron chi connectivity index (χ0n) is 20.6. The fraction of sp³-hybridized carbons (Fsp3) is 0.458. The van der Waals surface area contributed by atoms with Gasteiger partial charge in [-0.05, 0) is 24.1 Å². The third kappa shape index (κ3) is 4.68. The summed E-state index contributed by atoms with van der Waals surface area (Å²) in [6.45, 7) is 1.24. The minimum absolute atomic E-state index is 0.117. The molecule has 0 spiro atoms. The van der Waals surface area contributed by atoms with Crippen molar-refractivity contribution in [1.29, 1.82) is 0 Å². The lowest BCUT2D eigenvalue weighted by molar-refractivity contribution is -0.192. The third-order valence-electron chi connectivity index (χ3n) is 7.10. The number of imidazole rings is 1. The molecule has 208 valence electrons. The molecular formula is C24H26ClN5O9. The highest BCUT2D eigenvalue weighted by Gasteiger charge is 2.56. The highest BCUT2D eigenvalue weighted by molar-refractivity contribution is 6.28. The molecule has 2 fully saturated rings. The summed E-state index contributed by atoms with van der Waals surface area (Å²) in [5.74, 6) is -3.09. The van der Waals surface area contributed by atoms with Crippen LogP contribution < -0.4 is 4.90 Å². The number of β-amino-alcohol motifs (C(OH)–C–C–N with tert-alkyl or cyclic N) is 1. The number of nitrogens with zero attached hydrogens (tertiary/aromatic N) is 5. The molecule has 14 nitrogen and oxygen atoms in total. The van der Waals surface area contributed by atoms with Crippen molar-refractivity contribution in [3.05, 3.63) is 47.5 Å². The van der Waals surface area contributed by atoms with E-state index in [2.05, 4.69) is 15.0 Å².